The number of carbonyl (C=O) groups excluding carboxylic acids is 2. The van der Waals surface area contributed by atoms with E-state index in [-0.39, 0.29) is 19.4 Å². The van der Waals surface area contributed by atoms with Gasteiger partial charge in [-0.3, -0.25) is 9.59 Å². The summed E-state index contributed by atoms with van der Waals surface area (Å²) in [6, 6.07) is 0. The summed E-state index contributed by atoms with van der Waals surface area (Å²) < 4.78 is 33.4. The van der Waals surface area contributed by atoms with E-state index in [1.165, 1.54) is 44.9 Å². The lowest BCUT2D eigenvalue weighted by molar-refractivity contribution is -0.332. The van der Waals surface area contributed by atoms with Crippen LogP contribution < -0.4 is 0 Å². The molecule has 0 spiro atoms. The molecule has 0 saturated carbocycles. The van der Waals surface area contributed by atoms with Crippen molar-refractivity contribution in [3.05, 3.63) is 48.6 Å². The molecule has 15 heteroatoms. The fraction of sp³-hybridized carbons (Fsp3) is 0.787. The molecule has 15 nitrogen and oxygen atoms in total. The number of esters is 2. The first-order chi connectivity index (χ1) is 30.0. The summed E-state index contributed by atoms with van der Waals surface area (Å²) in [5.74, 6) is -0.956. The van der Waals surface area contributed by atoms with Crippen LogP contribution in [0.1, 0.15) is 142 Å². The van der Waals surface area contributed by atoms with Crippen molar-refractivity contribution in [2.24, 2.45) is 0 Å². The third kappa shape index (κ3) is 23.4. The lowest BCUT2D eigenvalue weighted by Gasteiger charge is -2.42. The molecular weight excluding hydrogens is 805 g/mol. The number of aliphatic hydroxyl groups excluding tert-OH is 7. The van der Waals surface area contributed by atoms with Crippen LogP contribution in [0, 0.1) is 0 Å². The number of rotatable bonds is 34. The zero-order valence-corrected chi connectivity index (χ0v) is 37.3. The fourth-order valence-corrected chi connectivity index (χ4v) is 7.05. The van der Waals surface area contributed by atoms with Crippen molar-refractivity contribution in [3.8, 4) is 0 Å². The molecule has 2 rings (SSSR count). The molecule has 2 aliphatic heterocycles. The van der Waals surface area contributed by atoms with Crippen molar-refractivity contribution in [1.82, 2.24) is 0 Å². The van der Waals surface area contributed by atoms with E-state index in [1.54, 1.807) is 0 Å². The number of carbonyl (C=O) groups is 2. The first-order valence-corrected chi connectivity index (χ1v) is 23.3. The standard InChI is InChI=1S/C47H80O15/c1-3-5-7-9-11-13-15-16-17-18-20-22-24-26-28-30-39(50)60-35(32-57-38(49)29-27-25-23-21-19-14-12-10-8-6-4-2)33-58-46-45(56)43(54)41(52)37(62-46)34-59-47-44(55)42(53)40(51)36(31-48)61-47/h5,7,9,11,13,15-17,35-37,40-48,51-56H,3-4,6,8,10,12,14,18-34H2,1-2H3/b7-5+,11-9+,15-13+,17-16+/t35-,36-,37-,40+,41+,42?,43?,44?,45?,46-,47-/m1/s1. The summed E-state index contributed by atoms with van der Waals surface area (Å²) in [5.41, 5.74) is 0. The van der Waals surface area contributed by atoms with Crippen LogP contribution in [0.25, 0.3) is 0 Å². The van der Waals surface area contributed by atoms with Gasteiger partial charge in [-0.2, -0.15) is 0 Å². The quantitative estimate of drug-likeness (QED) is 0.0252. The Morgan fingerprint density at radius 2 is 1.02 bits per heavy atom. The molecule has 0 aromatic heterocycles. The average Bonchev–Trinajstić information content (AvgIpc) is 3.26. The highest BCUT2D eigenvalue weighted by atomic mass is 16.7. The maximum absolute atomic E-state index is 12.9. The van der Waals surface area contributed by atoms with Gasteiger partial charge in [-0.15, -0.1) is 0 Å². The number of ether oxygens (including phenoxy) is 6. The molecule has 0 bridgehead atoms. The van der Waals surface area contributed by atoms with Crippen LogP contribution in [-0.4, -0.2) is 142 Å². The van der Waals surface area contributed by atoms with Crippen molar-refractivity contribution < 1.29 is 73.8 Å². The highest BCUT2D eigenvalue weighted by molar-refractivity contribution is 5.70. The molecule has 358 valence electrons. The summed E-state index contributed by atoms with van der Waals surface area (Å²) in [6.45, 7) is 2.39. The molecule has 4 unspecified atom stereocenters. The van der Waals surface area contributed by atoms with Crippen molar-refractivity contribution in [2.45, 2.75) is 210 Å². The van der Waals surface area contributed by atoms with Gasteiger partial charge in [0.25, 0.3) is 0 Å². The monoisotopic (exact) mass is 885 g/mol. The Hall–Kier alpha value is -2.54. The molecule has 0 radical (unpaired) electrons. The van der Waals surface area contributed by atoms with Crippen molar-refractivity contribution in [1.29, 1.82) is 0 Å². The molecule has 0 aromatic carbocycles. The molecule has 11 atom stereocenters. The third-order valence-corrected chi connectivity index (χ3v) is 10.9. The Kier molecular flexibility index (Phi) is 31.2. The molecular formula is C47H80O15. The van der Waals surface area contributed by atoms with Crippen LogP contribution in [0.4, 0.5) is 0 Å². The summed E-state index contributed by atoms with van der Waals surface area (Å²) in [6.07, 6.45) is 18.7. The zero-order valence-electron chi connectivity index (χ0n) is 37.3. The Morgan fingerprint density at radius 3 is 1.60 bits per heavy atom. The van der Waals surface area contributed by atoms with E-state index in [4.69, 9.17) is 28.4 Å². The maximum atomic E-state index is 12.9. The van der Waals surface area contributed by atoms with Gasteiger partial charge < -0.3 is 64.2 Å². The largest absolute Gasteiger partial charge is 0.462 e. The van der Waals surface area contributed by atoms with Crippen LogP contribution >= 0.6 is 0 Å². The molecule has 0 aromatic rings. The van der Waals surface area contributed by atoms with Crippen LogP contribution in [0.15, 0.2) is 48.6 Å². The van der Waals surface area contributed by atoms with Crippen LogP contribution in [0.5, 0.6) is 0 Å². The predicted molar refractivity (Wildman–Crippen MR) is 233 cm³/mol. The molecule has 0 aliphatic carbocycles. The Balaban J connectivity index is 1.86. The number of aliphatic hydroxyl groups is 7. The third-order valence-electron chi connectivity index (χ3n) is 10.9. The van der Waals surface area contributed by atoms with Crippen LogP contribution in [0.2, 0.25) is 0 Å². The highest BCUT2D eigenvalue weighted by Crippen LogP contribution is 2.26. The molecule has 7 N–H and O–H groups in total. The number of unbranched alkanes of at least 4 members (excludes halogenated alkanes) is 15. The Labute approximate surface area is 369 Å². The van der Waals surface area contributed by atoms with Gasteiger partial charge in [0.1, 0.15) is 55.4 Å². The predicted octanol–water partition coefficient (Wildman–Crippen LogP) is 5.15. The van der Waals surface area contributed by atoms with Gasteiger partial charge >= 0.3 is 11.9 Å². The Bertz CT molecular complexity index is 1270. The topological polar surface area (TPSA) is 231 Å². The first kappa shape index (κ1) is 55.6. The second kappa shape index (κ2) is 34.8. The van der Waals surface area contributed by atoms with E-state index >= 15 is 0 Å². The lowest BCUT2D eigenvalue weighted by Crippen LogP contribution is -2.61. The highest BCUT2D eigenvalue weighted by Gasteiger charge is 2.47. The smallest absolute Gasteiger partial charge is 0.306 e. The average molecular weight is 885 g/mol. The minimum Gasteiger partial charge on any atom is -0.462 e. The van der Waals surface area contributed by atoms with E-state index in [0.29, 0.717) is 12.8 Å². The zero-order chi connectivity index (χ0) is 45.4. The molecule has 62 heavy (non-hydrogen) atoms. The van der Waals surface area contributed by atoms with Gasteiger partial charge in [0.05, 0.1) is 19.8 Å². The normalized spacial score (nSPS) is 27.5. The van der Waals surface area contributed by atoms with Crippen LogP contribution in [0.3, 0.4) is 0 Å². The van der Waals surface area contributed by atoms with Crippen molar-refractivity contribution in [2.75, 3.05) is 26.4 Å². The first-order valence-electron chi connectivity index (χ1n) is 23.3. The Morgan fingerprint density at radius 1 is 0.532 bits per heavy atom. The van der Waals surface area contributed by atoms with Gasteiger partial charge in [0.2, 0.25) is 0 Å². The summed E-state index contributed by atoms with van der Waals surface area (Å²) >= 11 is 0. The van der Waals surface area contributed by atoms with Gasteiger partial charge in [0.15, 0.2) is 18.7 Å². The second-order valence-corrected chi connectivity index (χ2v) is 16.3. The van der Waals surface area contributed by atoms with Gasteiger partial charge in [-0.1, -0.05) is 146 Å². The summed E-state index contributed by atoms with van der Waals surface area (Å²) in [4.78, 5) is 25.6. The van der Waals surface area contributed by atoms with E-state index < -0.39 is 99.3 Å². The van der Waals surface area contributed by atoms with E-state index in [0.717, 1.165) is 57.8 Å². The minimum atomic E-state index is -1.77. The number of allylic oxidation sites excluding steroid dienone is 8. The summed E-state index contributed by atoms with van der Waals surface area (Å²) in [5, 5.41) is 71.9. The van der Waals surface area contributed by atoms with Gasteiger partial charge in [-0.25, -0.2) is 0 Å². The van der Waals surface area contributed by atoms with Gasteiger partial charge in [-0.05, 0) is 32.1 Å². The van der Waals surface area contributed by atoms with E-state index in [1.807, 2.05) is 36.5 Å². The summed E-state index contributed by atoms with van der Waals surface area (Å²) in [7, 11) is 0. The second-order valence-electron chi connectivity index (χ2n) is 16.3. The number of hydrogen-bond acceptors (Lipinski definition) is 15. The fourth-order valence-electron chi connectivity index (χ4n) is 7.05. The molecule has 2 heterocycles. The van der Waals surface area contributed by atoms with Gasteiger partial charge in [0, 0.05) is 12.8 Å². The molecule has 2 saturated heterocycles. The van der Waals surface area contributed by atoms with E-state index in [9.17, 15) is 45.3 Å². The SMILES string of the molecule is CC/C=C/C=C/C=C/C=C/CCCCCCCC(=O)O[C@H](COC(=O)CCCCCCCCCCCCC)CO[C@@H]1O[C@H](CO[C@@H]2O[C@H](CO)[C@H](O)C(O)C2O)[C@H](O)C(O)C1O. The number of hydrogen-bond donors (Lipinski definition) is 7. The molecule has 2 aliphatic rings. The van der Waals surface area contributed by atoms with Crippen molar-refractivity contribution in [3.63, 3.8) is 0 Å². The maximum Gasteiger partial charge on any atom is 0.306 e. The van der Waals surface area contributed by atoms with E-state index in [2.05, 4.69) is 26.0 Å². The van der Waals surface area contributed by atoms with Crippen molar-refractivity contribution >= 4 is 11.9 Å². The molecule has 0 amide bonds. The lowest BCUT2D eigenvalue weighted by atomic mass is 9.98. The minimum absolute atomic E-state index is 0.139. The molecule has 2 fully saturated rings. The van der Waals surface area contributed by atoms with Crippen LogP contribution in [-0.2, 0) is 38.0 Å².